The summed E-state index contributed by atoms with van der Waals surface area (Å²) in [6.07, 6.45) is 3.14. The molecular weight excluding hydrogens is 505 g/mol. The number of urea groups is 1. The second-order valence-electron chi connectivity index (χ2n) is 9.05. The molecule has 2 aromatic rings. The maximum atomic E-state index is 12.6. The molecule has 2 aliphatic rings. The number of benzene rings is 1. The SMILES string of the molecule is Cc1cc(Cl)ccc1CCCNC(=O)N1CCC2(CC1)CN/C(=N\C(=O)c1nc(Cl)c(N)nc1N)N2. The predicted octanol–water partition coefficient (Wildman–Crippen LogP) is 2.12. The molecule has 7 N–H and O–H groups in total. The fourth-order valence-corrected chi connectivity index (χ4v) is 4.73. The third kappa shape index (κ3) is 5.90. The minimum atomic E-state index is -0.681. The summed E-state index contributed by atoms with van der Waals surface area (Å²) in [5, 5.41) is 10.0. The normalized spacial score (nSPS) is 17.6. The van der Waals surface area contributed by atoms with E-state index >= 15 is 0 Å². The lowest BCUT2D eigenvalue weighted by Gasteiger charge is -2.38. The monoisotopic (exact) mass is 533 g/mol. The van der Waals surface area contributed by atoms with Gasteiger partial charge in [0.2, 0.25) is 0 Å². The third-order valence-electron chi connectivity index (χ3n) is 6.51. The number of hydrogen-bond acceptors (Lipinski definition) is 6. The van der Waals surface area contributed by atoms with Gasteiger partial charge < -0.3 is 32.3 Å². The van der Waals surface area contributed by atoms with Gasteiger partial charge in [0, 0.05) is 31.2 Å². The third-order valence-corrected chi connectivity index (χ3v) is 7.02. The molecule has 3 amide bonds. The van der Waals surface area contributed by atoms with E-state index in [1.807, 2.05) is 30.0 Å². The number of aliphatic imine (C=N–C) groups is 1. The van der Waals surface area contributed by atoms with E-state index in [2.05, 4.69) is 30.9 Å². The van der Waals surface area contributed by atoms with Crippen LogP contribution in [0.1, 0.15) is 40.9 Å². The van der Waals surface area contributed by atoms with Crippen LogP contribution in [0.3, 0.4) is 0 Å². The number of halogens is 2. The maximum Gasteiger partial charge on any atom is 0.317 e. The summed E-state index contributed by atoms with van der Waals surface area (Å²) in [4.78, 5) is 38.7. The van der Waals surface area contributed by atoms with E-state index in [0.29, 0.717) is 45.0 Å². The van der Waals surface area contributed by atoms with Gasteiger partial charge >= 0.3 is 11.9 Å². The first-order valence-electron chi connectivity index (χ1n) is 11.7. The zero-order valence-corrected chi connectivity index (χ0v) is 21.4. The Bertz CT molecular complexity index is 1200. The minimum absolute atomic E-state index is 0.0538. The zero-order valence-electron chi connectivity index (χ0n) is 19.9. The number of anilines is 2. The number of carbonyl (C=O) groups is 2. The van der Waals surface area contributed by atoms with Crippen molar-refractivity contribution in [2.75, 3.05) is 37.6 Å². The number of nitrogens with two attached hydrogens (primary N) is 2. The lowest BCUT2D eigenvalue weighted by Crippen LogP contribution is -2.55. The molecule has 2 fully saturated rings. The summed E-state index contributed by atoms with van der Waals surface area (Å²) in [6.45, 7) is 4.40. The van der Waals surface area contributed by atoms with E-state index in [1.54, 1.807) is 0 Å². The molecule has 1 aromatic carbocycles. The average Bonchev–Trinajstić information content (AvgIpc) is 3.22. The van der Waals surface area contributed by atoms with Gasteiger partial charge in [0.1, 0.15) is 0 Å². The first kappa shape index (κ1) is 25.8. The molecule has 4 rings (SSSR count). The Kier molecular flexibility index (Phi) is 7.70. The summed E-state index contributed by atoms with van der Waals surface area (Å²) < 4.78 is 0. The Hall–Kier alpha value is -3.31. The van der Waals surface area contributed by atoms with E-state index in [1.165, 1.54) is 5.56 Å². The number of piperidine rings is 1. The van der Waals surface area contributed by atoms with Crippen LogP contribution in [-0.4, -0.2) is 64.5 Å². The summed E-state index contributed by atoms with van der Waals surface area (Å²) >= 11 is 11.9. The van der Waals surface area contributed by atoms with Crippen LogP contribution in [0.2, 0.25) is 10.2 Å². The number of carbonyl (C=O) groups excluding carboxylic acids is 2. The summed E-state index contributed by atoms with van der Waals surface area (Å²) in [7, 11) is 0. The van der Waals surface area contributed by atoms with Crippen LogP contribution >= 0.6 is 23.2 Å². The van der Waals surface area contributed by atoms with Crippen molar-refractivity contribution in [2.24, 2.45) is 4.99 Å². The molecule has 1 spiro atoms. The molecule has 0 saturated carbocycles. The number of amides is 3. The number of rotatable bonds is 5. The first-order chi connectivity index (χ1) is 17.2. The van der Waals surface area contributed by atoms with Gasteiger partial charge in [0.25, 0.3) is 0 Å². The van der Waals surface area contributed by atoms with Gasteiger partial charge in [-0.15, -0.1) is 0 Å². The highest BCUT2D eigenvalue weighted by molar-refractivity contribution is 6.31. The van der Waals surface area contributed by atoms with Crippen LogP contribution in [0.4, 0.5) is 16.4 Å². The lowest BCUT2D eigenvalue weighted by atomic mass is 9.89. The Morgan fingerprint density at radius 2 is 1.94 bits per heavy atom. The highest BCUT2D eigenvalue weighted by atomic mass is 35.5. The van der Waals surface area contributed by atoms with E-state index < -0.39 is 5.91 Å². The van der Waals surface area contributed by atoms with Crippen LogP contribution in [0.5, 0.6) is 0 Å². The Morgan fingerprint density at radius 1 is 1.19 bits per heavy atom. The number of likely N-dealkylation sites (tertiary alicyclic amines) is 1. The molecule has 36 heavy (non-hydrogen) atoms. The molecule has 0 radical (unpaired) electrons. The number of aromatic nitrogens is 2. The number of hydrogen-bond donors (Lipinski definition) is 5. The second kappa shape index (κ2) is 10.8. The Labute approximate surface area is 219 Å². The molecule has 0 bridgehead atoms. The fourth-order valence-electron chi connectivity index (χ4n) is 4.38. The highest BCUT2D eigenvalue weighted by Crippen LogP contribution is 2.25. The van der Waals surface area contributed by atoms with Gasteiger partial charge in [-0.2, -0.15) is 4.99 Å². The standard InChI is InChI=1S/C23H29Cl2N9O2/c1-13-11-15(24)5-4-14(13)3-2-8-28-22(36)34-9-6-23(7-10-34)12-29-21(33-23)32-20(35)16-18(26)31-19(27)17(25)30-16/h4-5,11H,2-3,6-10,12H2,1H3,(H,28,36)(H4,26,27,31)(H2,29,32,33,35). The molecule has 2 saturated heterocycles. The number of aryl methyl sites for hydroxylation is 2. The molecule has 3 heterocycles. The number of nitrogens with zero attached hydrogens (tertiary/aromatic N) is 4. The first-order valence-corrected chi connectivity index (χ1v) is 12.4. The van der Waals surface area contributed by atoms with E-state index in [-0.39, 0.29) is 34.1 Å². The summed E-state index contributed by atoms with van der Waals surface area (Å²) in [5.74, 6) is -0.549. The largest absolute Gasteiger partial charge is 0.382 e. The van der Waals surface area contributed by atoms with Crippen molar-refractivity contribution in [3.8, 4) is 0 Å². The van der Waals surface area contributed by atoms with Crippen molar-refractivity contribution in [1.82, 2.24) is 30.8 Å². The molecule has 2 aliphatic heterocycles. The maximum absolute atomic E-state index is 12.6. The van der Waals surface area contributed by atoms with Crippen LogP contribution < -0.4 is 27.4 Å². The summed E-state index contributed by atoms with van der Waals surface area (Å²) in [6, 6.07) is 5.81. The van der Waals surface area contributed by atoms with Crippen molar-refractivity contribution in [1.29, 1.82) is 0 Å². The van der Waals surface area contributed by atoms with Crippen molar-refractivity contribution in [3.05, 3.63) is 45.2 Å². The van der Waals surface area contributed by atoms with Crippen LogP contribution in [-0.2, 0) is 6.42 Å². The second-order valence-corrected chi connectivity index (χ2v) is 9.85. The van der Waals surface area contributed by atoms with E-state index in [4.69, 9.17) is 34.7 Å². The molecule has 13 heteroatoms. The van der Waals surface area contributed by atoms with Crippen molar-refractivity contribution in [2.45, 2.75) is 38.1 Å². The van der Waals surface area contributed by atoms with Gasteiger partial charge in [-0.1, -0.05) is 29.3 Å². The molecular formula is C23H29Cl2N9O2. The molecule has 192 valence electrons. The Morgan fingerprint density at radius 3 is 2.67 bits per heavy atom. The predicted molar refractivity (Wildman–Crippen MR) is 140 cm³/mol. The van der Waals surface area contributed by atoms with Gasteiger partial charge in [-0.25, -0.2) is 14.8 Å². The topological polar surface area (TPSA) is 164 Å². The summed E-state index contributed by atoms with van der Waals surface area (Å²) in [5.41, 5.74) is 13.2. The van der Waals surface area contributed by atoms with Crippen LogP contribution in [0, 0.1) is 6.92 Å². The van der Waals surface area contributed by atoms with Crippen molar-refractivity contribution >= 4 is 52.7 Å². The molecule has 11 nitrogen and oxygen atoms in total. The molecule has 0 atom stereocenters. The highest BCUT2D eigenvalue weighted by Gasteiger charge is 2.40. The van der Waals surface area contributed by atoms with E-state index in [9.17, 15) is 9.59 Å². The number of nitrogens with one attached hydrogen (secondary N) is 3. The van der Waals surface area contributed by atoms with Crippen molar-refractivity contribution in [3.63, 3.8) is 0 Å². The van der Waals surface area contributed by atoms with Crippen LogP contribution in [0.25, 0.3) is 0 Å². The van der Waals surface area contributed by atoms with Gasteiger partial charge in [0.05, 0.1) is 5.54 Å². The van der Waals surface area contributed by atoms with Crippen LogP contribution in [0.15, 0.2) is 23.2 Å². The quantitative estimate of drug-likeness (QED) is 0.364. The zero-order chi connectivity index (χ0) is 25.9. The van der Waals surface area contributed by atoms with Gasteiger partial charge in [0.15, 0.2) is 28.4 Å². The van der Waals surface area contributed by atoms with Crippen molar-refractivity contribution < 1.29 is 9.59 Å². The molecule has 0 unspecified atom stereocenters. The fraction of sp³-hybridized carbons (Fsp3) is 0.435. The molecule has 0 aliphatic carbocycles. The minimum Gasteiger partial charge on any atom is -0.382 e. The van der Waals surface area contributed by atoms with E-state index in [0.717, 1.165) is 23.4 Å². The number of nitrogen functional groups attached to an aromatic ring is 2. The van der Waals surface area contributed by atoms with Gasteiger partial charge in [-0.3, -0.25) is 4.79 Å². The number of guanidine groups is 1. The average molecular weight is 534 g/mol. The smallest absolute Gasteiger partial charge is 0.317 e. The Balaban J connectivity index is 1.24. The van der Waals surface area contributed by atoms with Gasteiger partial charge in [-0.05, 0) is 55.9 Å². The lowest BCUT2D eigenvalue weighted by molar-refractivity contribution is 0.0998. The molecule has 1 aromatic heterocycles.